The number of benzene rings is 8. The number of hydrogen-bond donors (Lipinski definition) is 0. The normalized spacial score (nSPS) is 23.1. The Morgan fingerprint density at radius 1 is 0.429 bits per heavy atom. The van der Waals surface area contributed by atoms with E-state index in [-0.39, 0.29) is 5.41 Å². The van der Waals surface area contributed by atoms with Crippen LogP contribution in [0.15, 0.2) is 168 Å². The summed E-state index contributed by atoms with van der Waals surface area (Å²) in [5.41, 5.74) is 14.1. The monoisotopic (exact) mass is 719 g/mol. The predicted octanol–water partition coefficient (Wildman–Crippen LogP) is 14.8. The minimum Gasteiger partial charge on any atom is -0.456 e. The molecule has 0 saturated heterocycles. The molecule has 56 heavy (non-hydrogen) atoms. The highest BCUT2D eigenvalue weighted by Gasteiger charge is 2.61. The number of rotatable bonds is 4. The molecule has 14 rings (SSSR count). The van der Waals surface area contributed by atoms with Gasteiger partial charge in [0.05, 0.1) is 5.69 Å². The zero-order valence-corrected chi connectivity index (χ0v) is 31.3. The molecule has 4 bridgehead atoms. The number of fused-ring (bicyclic) bond motifs is 9. The third-order valence-corrected chi connectivity index (χ3v) is 14.6. The Morgan fingerprint density at radius 2 is 1.05 bits per heavy atom. The van der Waals surface area contributed by atoms with Gasteiger partial charge in [-0.15, -0.1) is 0 Å². The summed E-state index contributed by atoms with van der Waals surface area (Å²) in [6, 6.07) is 61.2. The fourth-order valence-corrected chi connectivity index (χ4v) is 12.6. The van der Waals surface area contributed by atoms with Crippen LogP contribution in [0.5, 0.6) is 0 Å². The highest BCUT2D eigenvalue weighted by Crippen LogP contribution is 2.69. The Balaban J connectivity index is 0.967. The summed E-state index contributed by atoms with van der Waals surface area (Å²) in [5.74, 6) is 3.39. The smallest absolute Gasteiger partial charge is 0.137 e. The van der Waals surface area contributed by atoms with Gasteiger partial charge in [-0.25, -0.2) is 0 Å². The lowest BCUT2D eigenvalue weighted by atomic mass is 9.43. The number of para-hydroxylation sites is 1. The van der Waals surface area contributed by atoms with Crippen LogP contribution < -0.4 is 4.90 Å². The van der Waals surface area contributed by atoms with Gasteiger partial charge in [0, 0.05) is 39.0 Å². The van der Waals surface area contributed by atoms with Crippen molar-refractivity contribution in [3.05, 3.63) is 175 Å². The minimum atomic E-state index is 0.165. The Hall–Kier alpha value is -6.12. The molecule has 5 aliphatic rings. The van der Waals surface area contributed by atoms with Crippen LogP contribution in [0.3, 0.4) is 0 Å². The van der Waals surface area contributed by atoms with Crippen LogP contribution >= 0.6 is 0 Å². The standard InChI is InChI=1S/C54H41NO/c1-2-10-42-37(9-1)31-51(46-13-4-3-11-43(42)46)55(41-22-24-48-47-14-6-8-16-52(47)56-53(48)32-41)40-20-17-35(18-21-40)36-19-23-45-44-12-5-7-15-49(44)54(50(45)30-36)38-26-33-25-34(28-38)29-39(54)27-33/h1-24,30-34,38-39H,25-29H2. The second-order valence-corrected chi connectivity index (χ2v) is 17.3. The van der Waals surface area contributed by atoms with Crippen molar-refractivity contribution in [3.63, 3.8) is 0 Å². The maximum atomic E-state index is 6.47. The van der Waals surface area contributed by atoms with E-state index in [0.717, 1.165) is 62.7 Å². The van der Waals surface area contributed by atoms with E-state index in [0.29, 0.717) is 0 Å². The van der Waals surface area contributed by atoms with Gasteiger partial charge < -0.3 is 9.32 Å². The van der Waals surface area contributed by atoms with Crippen molar-refractivity contribution in [3.8, 4) is 22.3 Å². The molecule has 0 aliphatic heterocycles. The maximum absolute atomic E-state index is 6.47. The third kappa shape index (κ3) is 4.22. The van der Waals surface area contributed by atoms with Crippen molar-refractivity contribution in [2.75, 3.05) is 4.90 Å². The van der Waals surface area contributed by atoms with Crippen molar-refractivity contribution in [2.45, 2.75) is 37.5 Å². The molecule has 2 heteroatoms. The molecule has 268 valence electrons. The van der Waals surface area contributed by atoms with Crippen molar-refractivity contribution in [2.24, 2.45) is 23.7 Å². The molecule has 0 atom stereocenters. The van der Waals surface area contributed by atoms with Crippen LogP contribution in [0.1, 0.15) is 43.2 Å². The molecule has 4 fully saturated rings. The zero-order chi connectivity index (χ0) is 36.5. The summed E-state index contributed by atoms with van der Waals surface area (Å²) in [5, 5.41) is 7.26. The summed E-state index contributed by atoms with van der Waals surface area (Å²) >= 11 is 0. The Labute approximate surface area is 327 Å². The molecule has 5 aliphatic carbocycles. The van der Waals surface area contributed by atoms with E-state index in [2.05, 4.69) is 163 Å². The van der Waals surface area contributed by atoms with Crippen LogP contribution in [-0.4, -0.2) is 0 Å². The summed E-state index contributed by atoms with van der Waals surface area (Å²) in [6.45, 7) is 0. The maximum Gasteiger partial charge on any atom is 0.137 e. The van der Waals surface area contributed by atoms with Gasteiger partial charge in [0.15, 0.2) is 0 Å². The van der Waals surface area contributed by atoms with Crippen molar-refractivity contribution >= 4 is 60.5 Å². The van der Waals surface area contributed by atoms with Crippen molar-refractivity contribution in [1.29, 1.82) is 0 Å². The Morgan fingerprint density at radius 3 is 1.88 bits per heavy atom. The van der Waals surface area contributed by atoms with E-state index in [1.165, 1.54) is 75.9 Å². The van der Waals surface area contributed by atoms with Gasteiger partial charge in [-0.1, -0.05) is 115 Å². The molecular formula is C54H41NO. The van der Waals surface area contributed by atoms with E-state index in [1.807, 2.05) is 6.07 Å². The van der Waals surface area contributed by atoms with Crippen LogP contribution in [0.4, 0.5) is 17.1 Å². The minimum absolute atomic E-state index is 0.165. The summed E-state index contributed by atoms with van der Waals surface area (Å²) in [4.78, 5) is 2.42. The van der Waals surface area contributed by atoms with Crippen LogP contribution in [0, 0.1) is 23.7 Å². The first-order chi connectivity index (χ1) is 27.7. The van der Waals surface area contributed by atoms with E-state index in [4.69, 9.17) is 4.42 Å². The van der Waals surface area contributed by atoms with Gasteiger partial charge in [-0.3, -0.25) is 0 Å². The fourth-order valence-electron chi connectivity index (χ4n) is 12.6. The Kier molecular flexibility index (Phi) is 6.37. The number of anilines is 3. The first kappa shape index (κ1) is 31.1. The molecule has 0 amide bonds. The van der Waals surface area contributed by atoms with Gasteiger partial charge in [-0.05, 0) is 148 Å². The molecule has 0 N–H and O–H groups in total. The molecular weight excluding hydrogens is 679 g/mol. The van der Waals surface area contributed by atoms with E-state index in [9.17, 15) is 0 Å². The number of furan rings is 1. The van der Waals surface area contributed by atoms with E-state index in [1.54, 1.807) is 11.1 Å². The lowest BCUT2D eigenvalue weighted by Gasteiger charge is -2.61. The highest BCUT2D eigenvalue weighted by atomic mass is 16.3. The SMILES string of the molecule is c1ccc2c(c1)-c1ccc(-c3ccc(N(c4ccc5c(c4)oc4ccccc45)c4cc5ccccc5c5ccccc45)cc3)cc1C21C2CC3CC(C2)CC1C3. The lowest BCUT2D eigenvalue weighted by molar-refractivity contribution is -0.0399. The summed E-state index contributed by atoms with van der Waals surface area (Å²) in [6.07, 6.45) is 7.08. The molecule has 2 nitrogen and oxygen atoms in total. The van der Waals surface area contributed by atoms with Gasteiger partial charge in [-0.2, -0.15) is 0 Å². The largest absolute Gasteiger partial charge is 0.456 e. The van der Waals surface area contributed by atoms with E-state index >= 15 is 0 Å². The van der Waals surface area contributed by atoms with Crippen molar-refractivity contribution in [1.82, 2.24) is 0 Å². The summed E-state index contributed by atoms with van der Waals surface area (Å²) in [7, 11) is 0. The molecule has 1 spiro atoms. The van der Waals surface area contributed by atoms with Crippen molar-refractivity contribution < 1.29 is 4.42 Å². The lowest BCUT2D eigenvalue weighted by Crippen LogP contribution is -2.55. The molecule has 8 aromatic carbocycles. The first-order valence-corrected chi connectivity index (χ1v) is 20.7. The molecule has 0 unspecified atom stereocenters. The number of nitrogens with zero attached hydrogens (tertiary/aromatic N) is 1. The third-order valence-electron chi connectivity index (χ3n) is 14.6. The molecule has 0 radical (unpaired) electrons. The van der Waals surface area contributed by atoms with Crippen LogP contribution in [0.25, 0.3) is 65.7 Å². The average molecular weight is 720 g/mol. The van der Waals surface area contributed by atoms with Crippen LogP contribution in [-0.2, 0) is 5.41 Å². The first-order valence-electron chi connectivity index (χ1n) is 20.7. The van der Waals surface area contributed by atoms with Gasteiger partial charge in [0.2, 0.25) is 0 Å². The van der Waals surface area contributed by atoms with E-state index < -0.39 is 0 Å². The molecule has 1 aromatic heterocycles. The van der Waals surface area contributed by atoms with Gasteiger partial charge >= 0.3 is 0 Å². The highest BCUT2D eigenvalue weighted by molar-refractivity contribution is 6.15. The molecule has 1 heterocycles. The number of hydrogen-bond acceptors (Lipinski definition) is 2. The quantitative estimate of drug-likeness (QED) is 0.168. The zero-order valence-electron chi connectivity index (χ0n) is 31.3. The molecule has 9 aromatic rings. The van der Waals surface area contributed by atoms with Crippen LogP contribution in [0.2, 0.25) is 0 Å². The topological polar surface area (TPSA) is 16.4 Å². The predicted molar refractivity (Wildman–Crippen MR) is 232 cm³/mol. The van der Waals surface area contributed by atoms with Gasteiger partial charge in [0.1, 0.15) is 11.2 Å². The second kappa shape index (κ2) is 11.5. The summed E-state index contributed by atoms with van der Waals surface area (Å²) < 4.78 is 6.47. The average Bonchev–Trinajstić information content (AvgIpc) is 3.76. The van der Waals surface area contributed by atoms with Gasteiger partial charge in [0.25, 0.3) is 0 Å². The molecule has 4 saturated carbocycles. The second-order valence-electron chi connectivity index (χ2n) is 17.3. The fraction of sp³-hybridized carbons (Fsp3) is 0.185. The Bertz CT molecular complexity index is 3030.